The molecule has 1 saturated heterocycles. The summed E-state index contributed by atoms with van der Waals surface area (Å²) in [6.45, 7) is 0.362. The molecule has 2 aromatic heterocycles. The molecule has 0 N–H and O–H groups in total. The Bertz CT molecular complexity index is 1090. The van der Waals surface area contributed by atoms with E-state index in [0.29, 0.717) is 36.1 Å². The maximum absolute atomic E-state index is 12.8. The van der Waals surface area contributed by atoms with Gasteiger partial charge in [-0.15, -0.1) is 0 Å². The lowest BCUT2D eigenvalue weighted by molar-refractivity contribution is 0.372. The van der Waals surface area contributed by atoms with Gasteiger partial charge in [-0.2, -0.15) is 4.31 Å². The fraction of sp³-hybridized carbons (Fsp3) is 0.312. The first kappa shape index (κ1) is 16.0. The van der Waals surface area contributed by atoms with Gasteiger partial charge in [0.25, 0.3) is 5.56 Å². The summed E-state index contributed by atoms with van der Waals surface area (Å²) in [5.41, 5.74) is 0.379. The van der Waals surface area contributed by atoms with Crippen molar-refractivity contribution in [3.63, 3.8) is 0 Å². The first-order valence-electron chi connectivity index (χ1n) is 7.87. The third-order valence-corrected chi connectivity index (χ3v) is 6.39. The monoisotopic (exact) mass is 360 g/mol. The van der Waals surface area contributed by atoms with Crippen LogP contribution in [0.25, 0.3) is 10.9 Å². The van der Waals surface area contributed by atoms with Crippen LogP contribution in [-0.4, -0.2) is 34.0 Å². The molecule has 0 bridgehead atoms. The Hall–Kier alpha value is -2.52. The van der Waals surface area contributed by atoms with Crippen LogP contribution in [0.4, 0.5) is 0 Å². The zero-order valence-electron chi connectivity index (χ0n) is 13.5. The molecule has 3 heterocycles. The summed E-state index contributed by atoms with van der Waals surface area (Å²) in [6.07, 6.45) is 3.58. The fourth-order valence-corrected chi connectivity index (χ4v) is 4.79. The van der Waals surface area contributed by atoms with Crippen LogP contribution < -0.4 is 5.56 Å². The first-order valence-corrected chi connectivity index (χ1v) is 9.31. The first-order chi connectivity index (χ1) is 12.0. The van der Waals surface area contributed by atoms with E-state index in [1.165, 1.54) is 15.1 Å². The second-order valence-corrected chi connectivity index (χ2v) is 7.88. The number of benzene rings is 1. The van der Waals surface area contributed by atoms with Crippen molar-refractivity contribution in [2.24, 2.45) is 7.05 Å². The second-order valence-electron chi connectivity index (χ2n) is 5.99. The molecular formula is C16H16N4O4S. The van der Waals surface area contributed by atoms with Gasteiger partial charge in [0.05, 0.1) is 23.1 Å². The molecule has 1 aliphatic rings. The lowest BCUT2D eigenvalue weighted by Crippen LogP contribution is -2.34. The van der Waals surface area contributed by atoms with Crippen molar-refractivity contribution in [1.29, 1.82) is 0 Å². The summed E-state index contributed by atoms with van der Waals surface area (Å²) in [5, 5.41) is 3.99. The van der Waals surface area contributed by atoms with Crippen molar-refractivity contribution >= 4 is 20.9 Å². The maximum Gasteiger partial charge on any atom is 0.261 e. The van der Waals surface area contributed by atoms with Gasteiger partial charge in [-0.1, -0.05) is 17.3 Å². The van der Waals surface area contributed by atoms with Crippen molar-refractivity contribution in [2.75, 3.05) is 6.54 Å². The molecule has 1 aliphatic heterocycles. The van der Waals surface area contributed by atoms with Crippen molar-refractivity contribution in [1.82, 2.24) is 19.0 Å². The SMILES string of the molecule is Cn1c(C2CCCN2S(=O)(=O)c2cnoc2)nc2ccccc2c1=O. The topological polar surface area (TPSA) is 98.3 Å². The molecule has 0 saturated carbocycles. The summed E-state index contributed by atoms with van der Waals surface area (Å²) in [4.78, 5) is 17.2. The minimum Gasteiger partial charge on any atom is -0.363 e. The van der Waals surface area contributed by atoms with Crippen molar-refractivity contribution in [3.05, 3.63) is 52.9 Å². The average molecular weight is 360 g/mol. The van der Waals surface area contributed by atoms with Gasteiger partial charge in [0, 0.05) is 13.6 Å². The number of hydrogen-bond acceptors (Lipinski definition) is 6. The molecule has 4 rings (SSSR count). The average Bonchev–Trinajstić information content (AvgIpc) is 3.30. The summed E-state index contributed by atoms with van der Waals surface area (Å²) in [6, 6.07) is 6.56. The van der Waals surface area contributed by atoms with E-state index in [4.69, 9.17) is 0 Å². The van der Waals surface area contributed by atoms with Crippen LogP contribution in [-0.2, 0) is 17.1 Å². The number of nitrogens with zero attached hydrogens (tertiary/aromatic N) is 4. The van der Waals surface area contributed by atoms with Gasteiger partial charge in [0.1, 0.15) is 17.0 Å². The van der Waals surface area contributed by atoms with Crippen LogP contribution in [0.15, 0.2) is 50.9 Å². The Morgan fingerprint density at radius 2 is 2.08 bits per heavy atom. The Kier molecular flexibility index (Phi) is 3.69. The van der Waals surface area contributed by atoms with Crippen molar-refractivity contribution in [2.45, 2.75) is 23.8 Å². The van der Waals surface area contributed by atoms with Gasteiger partial charge in [-0.05, 0) is 25.0 Å². The highest BCUT2D eigenvalue weighted by Crippen LogP contribution is 2.35. The van der Waals surface area contributed by atoms with Crippen molar-refractivity contribution < 1.29 is 12.9 Å². The van der Waals surface area contributed by atoms with Gasteiger partial charge in [-0.3, -0.25) is 9.36 Å². The number of rotatable bonds is 3. The Morgan fingerprint density at radius 3 is 2.84 bits per heavy atom. The highest BCUT2D eigenvalue weighted by Gasteiger charge is 2.39. The predicted octanol–water partition coefficient (Wildman–Crippen LogP) is 1.45. The van der Waals surface area contributed by atoms with Gasteiger partial charge in [0.2, 0.25) is 10.0 Å². The van der Waals surface area contributed by atoms with E-state index in [1.807, 2.05) is 0 Å². The molecule has 9 heteroatoms. The largest absolute Gasteiger partial charge is 0.363 e. The minimum atomic E-state index is -3.75. The molecule has 0 aliphatic carbocycles. The molecule has 0 radical (unpaired) electrons. The molecule has 1 atom stereocenters. The quantitative estimate of drug-likeness (QED) is 0.701. The van der Waals surface area contributed by atoms with Gasteiger partial charge < -0.3 is 4.52 Å². The summed E-state index contributed by atoms with van der Waals surface area (Å²) < 4.78 is 33.2. The highest BCUT2D eigenvalue weighted by molar-refractivity contribution is 7.89. The van der Waals surface area contributed by atoms with Crippen LogP contribution in [0, 0.1) is 0 Å². The van der Waals surface area contributed by atoms with Crippen molar-refractivity contribution in [3.8, 4) is 0 Å². The normalized spacial score (nSPS) is 18.8. The number of sulfonamides is 1. The molecule has 25 heavy (non-hydrogen) atoms. The summed E-state index contributed by atoms with van der Waals surface area (Å²) in [7, 11) is -2.13. The third-order valence-electron chi connectivity index (χ3n) is 4.54. The smallest absolute Gasteiger partial charge is 0.261 e. The Labute approximate surface area is 143 Å². The molecule has 130 valence electrons. The van der Waals surface area contributed by atoms with Crippen LogP contribution >= 0.6 is 0 Å². The summed E-state index contributed by atoms with van der Waals surface area (Å²) in [5.74, 6) is 0.446. The minimum absolute atomic E-state index is 0.00480. The van der Waals surface area contributed by atoms with E-state index < -0.39 is 16.1 Å². The molecule has 0 spiro atoms. The van der Waals surface area contributed by atoms with Crippen LogP contribution in [0.2, 0.25) is 0 Å². The molecule has 8 nitrogen and oxygen atoms in total. The van der Waals surface area contributed by atoms with E-state index in [2.05, 4.69) is 14.7 Å². The molecule has 1 unspecified atom stereocenters. The van der Waals surface area contributed by atoms with E-state index in [1.54, 1.807) is 31.3 Å². The number of para-hydroxylation sites is 1. The zero-order valence-corrected chi connectivity index (χ0v) is 14.3. The molecule has 1 fully saturated rings. The number of hydrogen-bond donors (Lipinski definition) is 0. The maximum atomic E-state index is 12.8. The Balaban J connectivity index is 1.85. The molecule has 1 aromatic carbocycles. The van der Waals surface area contributed by atoms with E-state index in [0.717, 1.165) is 6.26 Å². The standard InChI is InChI=1S/C16H16N4O4S/c1-19-15(18-13-6-3-2-5-12(13)16(19)21)14-7-4-8-20(14)25(22,23)11-9-17-24-10-11/h2-3,5-6,9-10,14H,4,7-8H2,1H3. The van der Waals surface area contributed by atoms with Crippen LogP contribution in [0.5, 0.6) is 0 Å². The highest BCUT2D eigenvalue weighted by atomic mass is 32.2. The lowest BCUT2D eigenvalue weighted by Gasteiger charge is -2.24. The van der Waals surface area contributed by atoms with E-state index in [-0.39, 0.29) is 10.5 Å². The third kappa shape index (κ3) is 2.47. The predicted molar refractivity (Wildman–Crippen MR) is 89.4 cm³/mol. The van der Waals surface area contributed by atoms with Crippen LogP contribution in [0.3, 0.4) is 0 Å². The molecular weight excluding hydrogens is 344 g/mol. The van der Waals surface area contributed by atoms with Gasteiger partial charge in [-0.25, -0.2) is 13.4 Å². The van der Waals surface area contributed by atoms with Crippen LogP contribution in [0.1, 0.15) is 24.7 Å². The second kappa shape index (κ2) is 5.78. The van der Waals surface area contributed by atoms with Gasteiger partial charge in [0.15, 0.2) is 0 Å². The number of fused-ring (bicyclic) bond motifs is 1. The zero-order chi connectivity index (χ0) is 17.6. The fourth-order valence-electron chi connectivity index (χ4n) is 3.28. The molecule has 3 aromatic rings. The van der Waals surface area contributed by atoms with Gasteiger partial charge >= 0.3 is 0 Å². The Morgan fingerprint density at radius 1 is 1.28 bits per heavy atom. The molecule has 0 amide bonds. The summed E-state index contributed by atoms with van der Waals surface area (Å²) >= 11 is 0. The van der Waals surface area contributed by atoms with E-state index >= 15 is 0 Å². The number of aromatic nitrogens is 3. The lowest BCUT2D eigenvalue weighted by atomic mass is 10.2. The van der Waals surface area contributed by atoms with E-state index in [9.17, 15) is 13.2 Å².